The van der Waals surface area contributed by atoms with E-state index in [1.807, 2.05) is 42.9 Å². The van der Waals surface area contributed by atoms with Crippen molar-refractivity contribution in [3.63, 3.8) is 0 Å². The molecule has 5 nitrogen and oxygen atoms in total. The third kappa shape index (κ3) is 4.59. The molecule has 0 unspecified atom stereocenters. The highest BCUT2D eigenvalue weighted by Gasteiger charge is 2.13. The highest BCUT2D eigenvalue weighted by atomic mass is 35.5. The van der Waals surface area contributed by atoms with Gasteiger partial charge in [0.15, 0.2) is 5.75 Å². The molecule has 7 heteroatoms. The van der Waals surface area contributed by atoms with Crippen LogP contribution < -0.4 is 4.74 Å². The van der Waals surface area contributed by atoms with Gasteiger partial charge in [-0.05, 0) is 38.3 Å². The molecule has 0 saturated carbocycles. The first-order chi connectivity index (χ1) is 12.5. The van der Waals surface area contributed by atoms with Crippen molar-refractivity contribution >= 4 is 23.2 Å². The van der Waals surface area contributed by atoms with Gasteiger partial charge in [0, 0.05) is 37.5 Å². The number of unbranched alkanes of at least 4 members (excludes halogenated alkanes) is 2. The number of benzene rings is 1. The largest absolute Gasteiger partial charge is 0.490 e. The third-order valence-electron chi connectivity index (χ3n) is 4.07. The Morgan fingerprint density at radius 1 is 1.12 bits per heavy atom. The van der Waals surface area contributed by atoms with Crippen LogP contribution in [-0.2, 0) is 13.5 Å². The molecular weight excluding hydrogens is 373 g/mol. The number of aryl methyl sites for hydroxylation is 3. The van der Waals surface area contributed by atoms with Crippen LogP contribution in [0.3, 0.4) is 0 Å². The number of imidazole rings is 1. The van der Waals surface area contributed by atoms with Crippen LogP contribution in [0.1, 0.15) is 30.7 Å². The lowest BCUT2D eigenvalue weighted by atomic mass is 10.1. The minimum atomic E-state index is 0.493. The van der Waals surface area contributed by atoms with E-state index in [4.69, 9.17) is 32.5 Å². The number of hydrogen-bond donors (Lipinski definition) is 0. The van der Waals surface area contributed by atoms with Crippen LogP contribution in [0.4, 0.5) is 0 Å². The Bertz CT molecular complexity index is 850. The number of nitrogens with zero attached hydrogens (tertiary/aromatic N) is 3. The van der Waals surface area contributed by atoms with Gasteiger partial charge in [-0.15, -0.1) is 0 Å². The van der Waals surface area contributed by atoms with Crippen LogP contribution in [0.15, 0.2) is 35.1 Å². The van der Waals surface area contributed by atoms with Gasteiger partial charge in [0.1, 0.15) is 11.6 Å². The summed E-state index contributed by atoms with van der Waals surface area (Å²) in [7, 11) is 1.93. The average Bonchev–Trinajstić information content (AvgIpc) is 3.20. The molecule has 0 aliphatic heterocycles. The van der Waals surface area contributed by atoms with Crippen molar-refractivity contribution in [1.82, 2.24) is 14.7 Å². The molecule has 2 heterocycles. The highest BCUT2D eigenvalue weighted by Crippen LogP contribution is 2.37. The molecule has 0 atom stereocenters. The van der Waals surface area contributed by atoms with Gasteiger partial charge < -0.3 is 13.8 Å². The van der Waals surface area contributed by atoms with Crippen LogP contribution in [0.5, 0.6) is 5.75 Å². The van der Waals surface area contributed by atoms with Crippen molar-refractivity contribution in [3.8, 4) is 17.1 Å². The van der Waals surface area contributed by atoms with Crippen molar-refractivity contribution in [2.45, 2.75) is 32.6 Å². The van der Waals surface area contributed by atoms with Gasteiger partial charge in [0.2, 0.25) is 0 Å². The van der Waals surface area contributed by atoms with E-state index >= 15 is 0 Å². The van der Waals surface area contributed by atoms with Gasteiger partial charge in [-0.1, -0.05) is 28.4 Å². The molecular formula is C19H21Cl2N3O2. The summed E-state index contributed by atoms with van der Waals surface area (Å²) >= 11 is 12.7. The molecule has 0 saturated heterocycles. The average molecular weight is 394 g/mol. The highest BCUT2D eigenvalue weighted by molar-refractivity contribution is 6.37. The Morgan fingerprint density at radius 2 is 1.88 bits per heavy atom. The predicted octanol–water partition coefficient (Wildman–Crippen LogP) is 5.48. The van der Waals surface area contributed by atoms with Gasteiger partial charge in [0.05, 0.1) is 22.3 Å². The number of ether oxygens (including phenoxy) is 1. The Hall–Kier alpha value is -1.98. The zero-order chi connectivity index (χ0) is 18.5. The molecule has 3 rings (SSSR count). The summed E-state index contributed by atoms with van der Waals surface area (Å²) in [6.45, 7) is 2.49. The fraction of sp³-hybridized carbons (Fsp3) is 0.368. The lowest BCUT2D eigenvalue weighted by Crippen LogP contribution is -2.00. The van der Waals surface area contributed by atoms with E-state index < -0.39 is 0 Å². The zero-order valence-corrected chi connectivity index (χ0v) is 16.3. The van der Waals surface area contributed by atoms with Crippen molar-refractivity contribution in [1.29, 1.82) is 0 Å². The third-order valence-corrected chi connectivity index (χ3v) is 4.63. The summed E-state index contributed by atoms with van der Waals surface area (Å²) in [4.78, 5) is 4.31. The minimum Gasteiger partial charge on any atom is -0.490 e. The fourth-order valence-electron chi connectivity index (χ4n) is 2.76. The molecule has 1 aromatic carbocycles. The quantitative estimate of drug-likeness (QED) is 0.475. The maximum atomic E-state index is 6.36. The monoisotopic (exact) mass is 393 g/mol. The van der Waals surface area contributed by atoms with Crippen LogP contribution in [0.25, 0.3) is 11.4 Å². The lowest BCUT2D eigenvalue weighted by Gasteiger charge is -2.12. The molecule has 0 N–H and O–H groups in total. The number of hydrogen-bond acceptors (Lipinski definition) is 4. The summed E-state index contributed by atoms with van der Waals surface area (Å²) < 4.78 is 12.9. The first kappa shape index (κ1) is 18.8. The fourth-order valence-corrected chi connectivity index (χ4v) is 3.35. The van der Waals surface area contributed by atoms with Gasteiger partial charge in [-0.2, -0.15) is 0 Å². The normalized spacial score (nSPS) is 11.1. The molecule has 0 bridgehead atoms. The number of aromatic nitrogens is 3. The van der Waals surface area contributed by atoms with E-state index in [0.29, 0.717) is 22.4 Å². The lowest BCUT2D eigenvalue weighted by molar-refractivity contribution is 0.303. The van der Waals surface area contributed by atoms with Gasteiger partial charge in [-0.3, -0.25) is 0 Å². The van der Waals surface area contributed by atoms with Crippen LogP contribution in [-0.4, -0.2) is 21.3 Å². The summed E-state index contributed by atoms with van der Waals surface area (Å²) in [5, 5.41) is 4.87. The molecule has 3 aromatic rings. The second-order valence-electron chi connectivity index (χ2n) is 6.22. The van der Waals surface area contributed by atoms with E-state index in [1.54, 1.807) is 6.20 Å². The van der Waals surface area contributed by atoms with Crippen LogP contribution in [0.2, 0.25) is 10.0 Å². The van der Waals surface area contributed by atoms with E-state index in [-0.39, 0.29) is 0 Å². The van der Waals surface area contributed by atoms with Gasteiger partial charge in [-0.25, -0.2) is 4.98 Å². The van der Waals surface area contributed by atoms with Crippen molar-refractivity contribution in [2.24, 2.45) is 7.05 Å². The molecule has 138 valence electrons. The maximum Gasteiger partial charge on any atom is 0.156 e. The van der Waals surface area contributed by atoms with Gasteiger partial charge in [0.25, 0.3) is 0 Å². The van der Waals surface area contributed by atoms with Gasteiger partial charge >= 0.3 is 0 Å². The number of halogens is 2. The van der Waals surface area contributed by atoms with Crippen LogP contribution in [0, 0.1) is 6.92 Å². The van der Waals surface area contributed by atoms with Crippen molar-refractivity contribution in [3.05, 3.63) is 52.1 Å². The smallest absolute Gasteiger partial charge is 0.156 e. The molecule has 0 aliphatic rings. The summed E-state index contributed by atoms with van der Waals surface area (Å²) in [6, 6.07) is 5.63. The Balaban J connectivity index is 1.49. The Morgan fingerprint density at radius 3 is 2.50 bits per heavy atom. The van der Waals surface area contributed by atoms with E-state index in [9.17, 15) is 0 Å². The first-order valence-electron chi connectivity index (χ1n) is 8.56. The number of rotatable bonds is 8. The molecule has 0 radical (unpaired) electrons. The summed E-state index contributed by atoms with van der Waals surface area (Å²) in [6.07, 6.45) is 7.48. The van der Waals surface area contributed by atoms with Crippen molar-refractivity contribution < 1.29 is 9.26 Å². The standard InChI is InChI=1S/C19H21Cl2N3O2/c1-13-10-15(26-23-13)6-4-3-5-9-25-18-16(20)11-14(12-17(18)21)19-22-7-8-24(19)2/h7-8,10-12H,3-6,9H2,1-2H3. The van der Waals surface area contributed by atoms with E-state index in [1.165, 1.54) is 0 Å². The second kappa shape index (κ2) is 8.60. The van der Waals surface area contributed by atoms with Crippen molar-refractivity contribution in [2.75, 3.05) is 6.61 Å². The zero-order valence-electron chi connectivity index (χ0n) is 14.8. The topological polar surface area (TPSA) is 53.1 Å². The van der Waals surface area contributed by atoms with E-state index in [2.05, 4.69) is 10.1 Å². The maximum absolute atomic E-state index is 6.36. The second-order valence-corrected chi connectivity index (χ2v) is 7.04. The predicted molar refractivity (Wildman–Crippen MR) is 103 cm³/mol. The Labute approximate surface area is 162 Å². The Kier molecular flexibility index (Phi) is 6.22. The molecule has 2 aromatic heterocycles. The minimum absolute atomic E-state index is 0.493. The molecule has 0 aliphatic carbocycles. The van der Waals surface area contributed by atoms with Crippen LogP contribution >= 0.6 is 23.2 Å². The summed E-state index contributed by atoms with van der Waals surface area (Å²) in [5.74, 6) is 2.26. The molecule has 26 heavy (non-hydrogen) atoms. The van der Waals surface area contributed by atoms with E-state index in [0.717, 1.165) is 48.5 Å². The SMILES string of the molecule is Cc1cc(CCCCCOc2c(Cl)cc(-c3nccn3C)cc2Cl)on1. The summed E-state index contributed by atoms with van der Waals surface area (Å²) in [5.41, 5.74) is 1.78. The molecule has 0 spiro atoms. The first-order valence-corrected chi connectivity index (χ1v) is 9.32. The molecule has 0 amide bonds. The molecule has 0 fully saturated rings.